The van der Waals surface area contributed by atoms with Crippen LogP contribution in [0.3, 0.4) is 0 Å². The van der Waals surface area contributed by atoms with Crippen molar-refractivity contribution in [1.29, 1.82) is 5.26 Å². The molecule has 6 heteroatoms. The minimum absolute atomic E-state index is 0.0656. The van der Waals surface area contributed by atoms with E-state index in [2.05, 4.69) is 0 Å². The van der Waals surface area contributed by atoms with Gasteiger partial charge in [0.1, 0.15) is 16.5 Å². The standard InChI is InChI=1S/C10H9F2NO2S/c11-8-3-4-9(12)10(7-8)16(14,15)6-2-1-5-13/h3-4,7H,1-2,6H2. The van der Waals surface area contributed by atoms with Crippen molar-refractivity contribution in [3.05, 3.63) is 29.8 Å². The van der Waals surface area contributed by atoms with Crippen LogP contribution in [-0.4, -0.2) is 14.2 Å². The van der Waals surface area contributed by atoms with E-state index in [1.165, 1.54) is 0 Å². The molecule has 0 amide bonds. The minimum atomic E-state index is -3.85. The maximum absolute atomic E-state index is 13.2. The fourth-order valence-electron chi connectivity index (χ4n) is 1.17. The highest BCUT2D eigenvalue weighted by Crippen LogP contribution is 2.18. The van der Waals surface area contributed by atoms with E-state index >= 15 is 0 Å². The molecule has 0 aliphatic rings. The van der Waals surface area contributed by atoms with Crippen LogP contribution in [0.1, 0.15) is 12.8 Å². The molecule has 0 aromatic heterocycles. The number of sulfone groups is 1. The highest BCUT2D eigenvalue weighted by atomic mass is 32.2. The van der Waals surface area contributed by atoms with Crippen LogP contribution in [0.15, 0.2) is 23.1 Å². The maximum atomic E-state index is 13.2. The summed E-state index contributed by atoms with van der Waals surface area (Å²) in [6.07, 6.45) is 0.172. The average molecular weight is 245 g/mol. The third kappa shape index (κ3) is 3.00. The lowest BCUT2D eigenvalue weighted by atomic mass is 10.3. The Hall–Kier alpha value is -1.48. The summed E-state index contributed by atoms with van der Waals surface area (Å²) in [4.78, 5) is -0.648. The molecule has 0 unspecified atom stereocenters. The number of nitriles is 1. The van der Waals surface area contributed by atoms with Crippen molar-refractivity contribution in [3.63, 3.8) is 0 Å². The van der Waals surface area contributed by atoms with Crippen LogP contribution in [0.5, 0.6) is 0 Å². The number of benzene rings is 1. The van der Waals surface area contributed by atoms with Crippen LogP contribution < -0.4 is 0 Å². The van der Waals surface area contributed by atoms with Gasteiger partial charge in [-0.15, -0.1) is 0 Å². The molecule has 0 fully saturated rings. The zero-order valence-corrected chi connectivity index (χ0v) is 9.10. The molecule has 0 saturated heterocycles. The molecule has 0 radical (unpaired) electrons. The zero-order chi connectivity index (χ0) is 12.2. The van der Waals surface area contributed by atoms with E-state index in [-0.39, 0.29) is 18.6 Å². The molecule has 0 heterocycles. The van der Waals surface area contributed by atoms with Crippen molar-refractivity contribution in [2.24, 2.45) is 0 Å². The molecule has 16 heavy (non-hydrogen) atoms. The van der Waals surface area contributed by atoms with Gasteiger partial charge in [-0.05, 0) is 24.6 Å². The molecule has 1 aromatic carbocycles. The number of rotatable bonds is 4. The van der Waals surface area contributed by atoms with E-state index in [9.17, 15) is 17.2 Å². The van der Waals surface area contributed by atoms with Gasteiger partial charge in [-0.2, -0.15) is 5.26 Å². The molecule has 0 spiro atoms. The molecule has 86 valence electrons. The lowest BCUT2D eigenvalue weighted by Gasteiger charge is -2.04. The number of hydrogen-bond donors (Lipinski definition) is 0. The lowest BCUT2D eigenvalue weighted by molar-refractivity contribution is 0.552. The Kier molecular flexibility index (Phi) is 3.96. The molecule has 0 aliphatic carbocycles. The Morgan fingerprint density at radius 1 is 1.31 bits per heavy atom. The van der Waals surface area contributed by atoms with Crippen LogP contribution in [-0.2, 0) is 9.84 Å². The van der Waals surface area contributed by atoms with Gasteiger partial charge in [0.05, 0.1) is 11.8 Å². The van der Waals surface area contributed by atoms with E-state index in [0.717, 1.165) is 12.1 Å². The molecule has 0 N–H and O–H groups in total. The smallest absolute Gasteiger partial charge is 0.181 e. The van der Waals surface area contributed by atoms with Gasteiger partial charge in [-0.25, -0.2) is 17.2 Å². The highest BCUT2D eigenvalue weighted by Gasteiger charge is 2.19. The SMILES string of the molecule is N#CCCCS(=O)(=O)c1cc(F)ccc1F. The van der Waals surface area contributed by atoms with E-state index in [0.29, 0.717) is 6.07 Å². The Morgan fingerprint density at radius 3 is 2.62 bits per heavy atom. The van der Waals surface area contributed by atoms with Crippen molar-refractivity contribution in [1.82, 2.24) is 0 Å². The van der Waals surface area contributed by atoms with Crippen LogP contribution >= 0.6 is 0 Å². The molecule has 0 saturated carbocycles. The van der Waals surface area contributed by atoms with E-state index < -0.39 is 26.4 Å². The molecular weight excluding hydrogens is 236 g/mol. The van der Waals surface area contributed by atoms with Crippen molar-refractivity contribution in [2.45, 2.75) is 17.7 Å². The van der Waals surface area contributed by atoms with E-state index in [1.807, 2.05) is 0 Å². The topological polar surface area (TPSA) is 57.9 Å². The summed E-state index contributed by atoms with van der Waals surface area (Å²) >= 11 is 0. The largest absolute Gasteiger partial charge is 0.224 e. The third-order valence-electron chi connectivity index (χ3n) is 1.93. The van der Waals surface area contributed by atoms with Gasteiger partial charge < -0.3 is 0 Å². The lowest BCUT2D eigenvalue weighted by Crippen LogP contribution is -2.09. The minimum Gasteiger partial charge on any atom is -0.224 e. The highest BCUT2D eigenvalue weighted by molar-refractivity contribution is 7.91. The van der Waals surface area contributed by atoms with E-state index in [4.69, 9.17) is 5.26 Å². The fourth-order valence-corrected chi connectivity index (χ4v) is 2.57. The molecule has 1 rings (SSSR count). The molecule has 1 aromatic rings. The second-order valence-corrected chi connectivity index (χ2v) is 5.23. The predicted octanol–water partition coefficient (Wildman–Crippen LogP) is 2.04. The zero-order valence-electron chi connectivity index (χ0n) is 8.28. The second-order valence-electron chi connectivity index (χ2n) is 3.16. The van der Waals surface area contributed by atoms with E-state index in [1.54, 1.807) is 6.07 Å². The summed E-state index contributed by atoms with van der Waals surface area (Å²) in [6, 6.07) is 4.06. The molecule has 0 aliphatic heterocycles. The van der Waals surface area contributed by atoms with Crippen molar-refractivity contribution in [3.8, 4) is 6.07 Å². The first-order valence-electron chi connectivity index (χ1n) is 4.52. The number of nitrogens with zero attached hydrogens (tertiary/aromatic N) is 1. The van der Waals surface area contributed by atoms with Gasteiger partial charge in [0.25, 0.3) is 0 Å². The predicted molar refractivity (Wildman–Crippen MR) is 53.3 cm³/mol. The first kappa shape index (κ1) is 12.6. The quantitative estimate of drug-likeness (QED) is 0.763. The summed E-state index contributed by atoms with van der Waals surface area (Å²) in [5.41, 5.74) is 0. The molecule has 0 atom stereocenters. The Bertz CT molecular complexity index is 520. The van der Waals surface area contributed by atoms with Gasteiger partial charge in [0.15, 0.2) is 9.84 Å². The maximum Gasteiger partial charge on any atom is 0.181 e. The van der Waals surface area contributed by atoms with Crippen molar-refractivity contribution >= 4 is 9.84 Å². The number of halogens is 2. The summed E-state index contributed by atoms with van der Waals surface area (Å²) in [5.74, 6) is -2.14. The molecule has 0 bridgehead atoms. The normalized spacial score (nSPS) is 11.1. The monoisotopic (exact) mass is 245 g/mol. The molecular formula is C10H9F2NO2S. The fraction of sp³-hybridized carbons (Fsp3) is 0.300. The van der Waals surface area contributed by atoms with Gasteiger partial charge in [-0.3, -0.25) is 0 Å². The van der Waals surface area contributed by atoms with Gasteiger partial charge in [0, 0.05) is 6.42 Å². The van der Waals surface area contributed by atoms with Crippen LogP contribution in [0.2, 0.25) is 0 Å². The van der Waals surface area contributed by atoms with Crippen molar-refractivity contribution in [2.75, 3.05) is 5.75 Å². The number of hydrogen-bond acceptors (Lipinski definition) is 3. The summed E-state index contributed by atoms with van der Waals surface area (Å²) in [7, 11) is -3.85. The second kappa shape index (κ2) is 5.03. The summed E-state index contributed by atoms with van der Waals surface area (Å²) in [5, 5.41) is 8.25. The van der Waals surface area contributed by atoms with Crippen LogP contribution in [0.4, 0.5) is 8.78 Å². The summed E-state index contributed by atoms with van der Waals surface area (Å²) < 4.78 is 49.1. The van der Waals surface area contributed by atoms with Crippen LogP contribution in [0, 0.1) is 23.0 Å². The first-order chi connectivity index (χ1) is 7.47. The van der Waals surface area contributed by atoms with Gasteiger partial charge in [0.2, 0.25) is 0 Å². The average Bonchev–Trinajstić information content (AvgIpc) is 2.22. The Morgan fingerprint density at radius 2 is 2.00 bits per heavy atom. The third-order valence-corrected chi connectivity index (χ3v) is 3.74. The Labute approximate surface area is 92.2 Å². The Balaban J connectivity index is 2.99. The van der Waals surface area contributed by atoms with Crippen molar-refractivity contribution < 1.29 is 17.2 Å². The molecule has 3 nitrogen and oxygen atoms in total. The summed E-state index contributed by atoms with van der Waals surface area (Å²) in [6.45, 7) is 0. The van der Waals surface area contributed by atoms with Gasteiger partial charge >= 0.3 is 0 Å². The van der Waals surface area contributed by atoms with Gasteiger partial charge in [-0.1, -0.05) is 0 Å². The number of unbranched alkanes of at least 4 members (excludes halogenated alkanes) is 1. The van der Waals surface area contributed by atoms with Crippen LogP contribution in [0.25, 0.3) is 0 Å². The first-order valence-corrected chi connectivity index (χ1v) is 6.17.